The Morgan fingerprint density at radius 3 is 2.40 bits per heavy atom. The van der Waals surface area contributed by atoms with Crippen molar-refractivity contribution in [2.24, 2.45) is 0 Å². The van der Waals surface area contributed by atoms with Gasteiger partial charge >= 0.3 is 0 Å². The quantitative estimate of drug-likeness (QED) is 0.715. The number of hydrogen-bond donors (Lipinski definition) is 2. The molecule has 1 atom stereocenters. The SMILES string of the molecule is COCCNCC(O)COc1ccc(C(C)(C)C)cc1. The van der Waals surface area contributed by atoms with Crippen LogP contribution in [0.4, 0.5) is 0 Å². The number of hydrogen-bond acceptors (Lipinski definition) is 4. The first-order valence-corrected chi connectivity index (χ1v) is 7.04. The highest BCUT2D eigenvalue weighted by Crippen LogP contribution is 2.24. The third-order valence-electron chi connectivity index (χ3n) is 3.03. The molecule has 0 saturated heterocycles. The lowest BCUT2D eigenvalue weighted by molar-refractivity contribution is 0.103. The van der Waals surface area contributed by atoms with E-state index in [9.17, 15) is 5.11 Å². The van der Waals surface area contributed by atoms with Crippen molar-refractivity contribution in [2.45, 2.75) is 32.3 Å². The molecule has 0 fully saturated rings. The van der Waals surface area contributed by atoms with E-state index in [1.807, 2.05) is 12.1 Å². The van der Waals surface area contributed by atoms with Gasteiger partial charge in [0, 0.05) is 20.2 Å². The number of benzene rings is 1. The highest BCUT2D eigenvalue weighted by atomic mass is 16.5. The van der Waals surface area contributed by atoms with Crippen molar-refractivity contribution in [1.82, 2.24) is 5.32 Å². The molecule has 0 saturated carbocycles. The van der Waals surface area contributed by atoms with Crippen LogP contribution in [0.1, 0.15) is 26.3 Å². The van der Waals surface area contributed by atoms with Gasteiger partial charge in [-0.15, -0.1) is 0 Å². The lowest BCUT2D eigenvalue weighted by Crippen LogP contribution is -2.33. The van der Waals surface area contributed by atoms with E-state index >= 15 is 0 Å². The van der Waals surface area contributed by atoms with Crippen LogP contribution in [-0.4, -0.2) is 44.6 Å². The van der Waals surface area contributed by atoms with Gasteiger partial charge in [0.1, 0.15) is 18.5 Å². The molecule has 0 heterocycles. The molecule has 20 heavy (non-hydrogen) atoms. The Bertz CT molecular complexity index is 370. The maximum atomic E-state index is 9.77. The van der Waals surface area contributed by atoms with Crippen molar-refractivity contribution >= 4 is 0 Å². The Hall–Kier alpha value is -1.10. The zero-order valence-corrected chi connectivity index (χ0v) is 13.0. The molecule has 0 aliphatic rings. The molecule has 0 amide bonds. The third kappa shape index (κ3) is 6.37. The number of aliphatic hydroxyl groups is 1. The Morgan fingerprint density at radius 1 is 1.20 bits per heavy atom. The second-order valence-electron chi connectivity index (χ2n) is 5.94. The van der Waals surface area contributed by atoms with E-state index in [-0.39, 0.29) is 12.0 Å². The molecular formula is C16H27NO3. The van der Waals surface area contributed by atoms with E-state index in [1.165, 1.54) is 5.56 Å². The van der Waals surface area contributed by atoms with Crippen LogP contribution in [0.3, 0.4) is 0 Å². The van der Waals surface area contributed by atoms with E-state index in [0.717, 1.165) is 12.3 Å². The summed E-state index contributed by atoms with van der Waals surface area (Å²) in [6.07, 6.45) is -0.519. The Balaban J connectivity index is 2.31. The highest BCUT2D eigenvalue weighted by Gasteiger charge is 2.13. The normalized spacial score (nSPS) is 13.2. The fourth-order valence-electron chi connectivity index (χ4n) is 1.75. The lowest BCUT2D eigenvalue weighted by Gasteiger charge is -2.19. The standard InChI is InChI=1S/C16H27NO3/c1-16(2,3)13-5-7-15(8-6-13)20-12-14(18)11-17-9-10-19-4/h5-8,14,17-18H,9-12H2,1-4H3. The molecule has 0 aromatic heterocycles. The van der Waals surface area contributed by atoms with Gasteiger partial charge in [-0.3, -0.25) is 0 Å². The molecular weight excluding hydrogens is 254 g/mol. The summed E-state index contributed by atoms with van der Waals surface area (Å²) in [5.74, 6) is 0.786. The number of nitrogens with one attached hydrogen (secondary N) is 1. The smallest absolute Gasteiger partial charge is 0.119 e. The molecule has 0 aliphatic heterocycles. The van der Waals surface area contributed by atoms with Gasteiger partial charge < -0.3 is 19.9 Å². The molecule has 1 unspecified atom stereocenters. The molecule has 1 aromatic carbocycles. The second-order valence-corrected chi connectivity index (χ2v) is 5.94. The first kappa shape index (κ1) is 17.0. The molecule has 0 bridgehead atoms. The van der Waals surface area contributed by atoms with Crippen LogP contribution >= 0.6 is 0 Å². The van der Waals surface area contributed by atoms with Crippen LogP contribution in [0.5, 0.6) is 5.75 Å². The van der Waals surface area contributed by atoms with Gasteiger partial charge in [0.25, 0.3) is 0 Å². The van der Waals surface area contributed by atoms with Crippen LogP contribution in [0.2, 0.25) is 0 Å². The predicted octanol–water partition coefficient (Wildman–Crippen LogP) is 1.96. The fraction of sp³-hybridized carbons (Fsp3) is 0.625. The maximum absolute atomic E-state index is 9.77. The molecule has 0 spiro atoms. The van der Waals surface area contributed by atoms with Crippen LogP contribution in [0.15, 0.2) is 24.3 Å². The van der Waals surface area contributed by atoms with Gasteiger partial charge in [-0.2, -0.15) is 0 Å². The molecule has 114 valence electrons. The summed E-state index contributed by atoms with van der Waals surface area (Å²) < 4.78 is 10.5. The molecule has 1 aromatic rings. The minimum Gasteiger partial charge on any atom is -0.491 e. The minimum absolute atomic E-state index is 0.142. The summed E-state index contributed by atoms with van der Waals surface area (Å²) in [4.78, 5) is 0. The summed E-state index contributed by atoms with van der Waals surface area (Å²) in [5, 5.41) is 12.9. The third-order valence-corrected chi connectivity index (χ3v) is 3.03. The van der Waals surface area contributed by atoms with Crippen LogP contribution in [-0.2, 0) is 10.2 Å². The van der Waals surface area contributed by atoms with Crippen molar-refractivity contribution < 1.29 is 14.6 Å². The topological polar surface area (TPSA) is 50.7 Å². The van der Waals surface area contributed by atoms with E-state index in [4.69, 9.17) is 9.47 Å². The van der Waals surface area contributed by atoms with E-state index < -0.39 is 6.10 Å². The summed E-state index contributed by atoms with van der Waals surface area (Å²) >= 11 is 0. The van der Waals surface area contributed by atoms with Crippen molar-refractivity contribution in [2.75, 3.05) is 33.4 Å². The van der Waals surface area contributed by atoms with Crippen molar-refractivity contribution in [1.29, 1.82) is 0 Å². The van der Waals surface area contributed by atoms with Gasteiger partial charge in [-0.1, -0.05) is 32.9 Å². The lowest BCUT2D eigenvalue weighted by atomic mass is 9.87. The van der Waals surface area contributed by atoms with Crippen LogP contribution in [0.25, 0.3) is 0 Å². The van der Waals surface area contributed by atoms with Gasteiger partial charge in [0.15, 0.2) is 0 Å². The monoisotopic (exact) mass is 281 g/mol. The molecule has 0 aliphatic carbocycles. The van der Waals surface area contributed by atoms with E-state index in [2.05, 4.69) is 38.2 Å². The van der Waals surface area contributed by atoms with Crippen molar-refractivity contribution in [3.8, 4) is 5.75 Å². The number of rotatable bonds is 8. The van der Waals surface area contributed by atoms with E-state index in [0.29, 0.717) is 13.2 Å². The first-order valence-electron chi connectivity index (χ1n) is 7.04. The van der Waals surface area contributed by atoms with Crippen molar-refractivity contribution in [3.63, 3.8) is 0 Å². The van der Waals surface area contributed by atoms with Crippen LogP contribution in [0, 0.1) is 0 Å². The molecule has 2 N–H and O–H groups in total. The predicted molar refractivity (Wildman–Crippen MR) is 81.4 cm³/mol. The Morgan fingerprint density at radius 2 is 1.85 bits per heavy atom. The van der Waals surface area contributed by atoms with Crippen LogP contribution < -0.4 is 10.1 Å². The number of aliphatic hydroxyl groups excluding tert-OH is 1. The first-order chi connectivity index (χ1) is 9.43. The molecule has 4 nitrogen and oxygen atoms in total. The summed E-state index contributed by atoms with van der Waals surface area (Å²) in [7, 11) is 1.66. The minimum atomic E-state index is -0.519. The summed E-state index contributed by atoms with van der Waals surface area (Å²) in [5.41, 5.74) is 1.41. The molecule has 4 heteroatoms. The largest absolute Gasteiger partial charge is 0.491 e. The molecule has 1 rings (SSSR count). The Labute approximate surface area is 122 Å². The van der Waals surface area contributed by atoms with Gasteiger partial charge in [0.2, 0.25) is 0 Å². The van der Waals surface area contributed by atoms with Gasteiger partial charge in [0.05, 0.1) is 6.61 Å². The number of methoxy groups -OCH3 is 1. The highest BCUT2D eigenvalue weighted by molar-refractivity contribution is 5.31. The fourth-order valence-corrected chi connectivity index (χ4v) is 1.75. The van der Waals surface area contributed by atoms with E-state index in [1.54, 1.807) is 7.11 Å². The average Bonchev–Trinajstić information content (AvgIpc) is 2.41. The zero-order chi connectivity index (χ0) is 15.0. The maximum Gasteiger partial charge on any atom is 0.119 e. The second kappa shape index (κ2) is 8.25. The molecule has 0 radical (unpaired) electrons. The average molecular weight is 281 g/mol. The Kier molecular flexibility index (Phi) is 6.99. The zero-order valence-electron chi connectivity index (χ0n) is 13.0. The number of ether oxygens (including phenoxy) is 2. The van der Waals surface area contributed by atoms with Crippen molar-refractivity contribution in [3.05, 3.63) is 29.8 Å². The van der Waals surface area contributed by atoms with Gasteiger partial charge in [-0.05, 0) is 23.1 Å². The summed E-state index contributed by atoms with van der Waals surface area (Å²) in [6, 6.07) is 8.04. The van der Waals surface area contributed by atoms with Gasteiger partial charge in [-0.25, -0.2) is 0 Å². The summed E-state index contributed by atoms with van der Waals surface area (Å²) in [6.45, 7) is 8.70.